The van der Waals surface area contributed by atoms with Gasteiger partial charge in [-0.15, -0.1) is 0 Å². The van der Waals surface area contributed by atoms with E-state index >= 15 is 0 Å². The molecule has 9 heteroatoms. The number of Topliss-reactive ketones (excluding diaryl/α,β-unsaturated/α-hetero) is 1. The quantitative estimate of drug-likeness (QED) is 0.508. The van der Waals surface area contributed by atoms with E-state index in [0.29, 0.717) is 11.5 Å². The predicted octanol–water partition coefficient (Wildman–Crippen LogP) is 2.72. The molecule has 2 heterocycles. The standard InChI is InChI=1S/C24H24N2O7/c1-3-15-4-6-17(7-5-15)26-11-16(8-23(26)29)24(30)31-12-22(28)25-19-10-21-20(32-13-33-21)9-18(19)14(2)27/h4-7,9-10,16H,3,8,11-13H2,1-2H3,(H,25,28). The molecule has 4 rings (SSSR count). The van der Waals surface area contributed by atoms with Crippen LogP contribution in [0.15, 0.2) is 36.4 Å². The van der Waals surface area contributed by atoms with Crippen LogP contribution in [0.25, 0.3) is 0 Å². The highest BCUT2D eigenvalue weighted by molar-refractivity contribution is 6.05. The highest BCUT2D eigenvalue weighted by atomic mass is 16.7. The number of anilines is 2. The number of nitrogens with zero attached hydrogens (tertiary/aromatic N) is 1. The molecule has 2 aromatic rings. The van der Waals surface area contributed by atoms with Crippen molar-refractivity contribution in [3.63, 3.8) is 0 Å². The first-order valence-corrected chi connectivity index (χ1v) is 10.7. The van der Waals surface area contributed by atoms with Gasteiger partial charge in [-0.05, 0) is 37.1 Å². The lowest BCUT2D eigenvalue weighted by molar-refractivity contribution is -0.151. The van der Waals surface area contributed by atoms with Crippen LogP contribution in [0.5, 0.6) is 11.5 Å². The number of nitrogens with one attached hydrogen (secondary N) is 1. The van der Waals surface area contributed by atoms with Gasteiger partial charge in [0.25, 0.3) is 5.91 Å². The Bertz CT molecular complexity index is 1110. The molecule has 1 fully saturated rings. The van der Waals surface area contributed by atoms with E-state index in [4.69, 9.17) is 14.2 Å². The Kier molecular flexibility index (Phi) is 6.30. The van der Waals surface area contributed by atoms with E-state index in [-0.39, 0.29) is 42.7 Å². The van der Waals surface area contributed by atoms with Crippen molar-refractivity contribution in [2.24, 2.45) is 5.92 Å². The van der Waals surface area contributed by atoms with Crippen molar-refractivity contribution in [2.45, 2.75) is 26.7 Å². The van der Waals surface area contributed by atoms with Crippen LogP contribution < -0.4 is 19.7 Å². The number of carbonyl (C=O) groups excluding carboxylic acids is 4. The van der Waals surface area contributed by atoms with Crippen molar-refractivity contribution in [2.75, 3.05) is 30.2 Å². The van der Waals surface area contributed by atoms with Crippen LogP contribution in [0.3, 0.4) is 0 Å². The molecule has 1 saturated heterocycles. The number of fused-ring (bicyclic) bond motifs is 1. The van der Waals surface area contributed by atoms with Crippen molar-refractivity contribution >= 4 is 34.9 Å². The maximum atomic E-state index is 12.5. The Morgan fingerprint density at radius 2 is 1.82 bits per heavy atom. The van der Waals surface area contributed by atoms with Crippen LogP contribution >= 0.6 is 0 Å². The van der Waals surface area contributed by atoms with E-state index in [1.54, 1.807) is 4.90 Å². The summed E-state index contributed by atoms with van der Waals surface area (Å²) in [6, 6.07) is 10.6. The lowest BCUT2D eigenvalue weighted by Crippen LogP contribution is -2.28. The van der Waals surface area contributed by atoms with Gasteiger partial charge in [0.2, 0.25) is 12.7 Å². The molecule has 1 atom stereocenters. The third kappa shape index (κ3) is 4.82. The van der Waals surface area contributed by atoms with Crippen LogP contribution in [0.4, 0.5) is 11.4 Å². The van der Waals surface area contributed by atoms with Gasteiger partial charge in [0.15, 0.2) is 23.9 Å². The van der Waals surface area contributed by atoms with Crippen molar-refractivity contribution in [3.05, 3.63) is 47.5 Å². The van der Waals surface area contributed by atoms with E-state index in [9.17, 15) is 19.2 Å². The van der Waals surface area contributed by atoms with Crippen LogP contribution in [0, 0.1) is 5.92 Å². The smallest absolute Gasteiger partial charge is 0.311 e. The van der Waals surface area contributed by atoms with Crippen molar-refractivity contribution in [1.82, 2.24) is 0 Å². The van der Waals surface area contributed by atoms with Gasteiger partial charge in [0, 0.05) is 30.3 Å². The molecule has 1 unspecified atom stereocenters. The molecular formula is C24H24N2O7. The molecule has 1 N–H and O–H groups in total. The van der Waals surface area contributed by atoms with Gasteiger partial charge >= 0.3 is 5.97 Å². The van der Waals surface area contributed by atoms with E-state index in [1.165, 1.54) is 19.1 Å². The molecule has 0 spiro atoms. The van der Waals surface area contributed by atoms with E-state index in [2.05, 4.69) is 5.32 Å². The zero-order chi connectivity index (χ0) is 23.5. The van der Waals surface area contributed by atoms with Crippen LogP contribution in [0.1, 0.15) is 36.2 Å². The minimum absolute atomic E-state index is 0.0205. The minimum Gasteiger partial charge on any atom is -0.455 e. The zero-order valence-electron chi connectivity index (χ0n) is 18.4. The third-order valence-electron chi connectivity index (χ3n) is 5.63. The Balaban J connectivity index is 1.34. The Labute approximate surface area is 190 Å². The second-order valence-electron chi connectivity index (χ2n) is 7.89. The molecule has 2 amide bonds. The number of benzene rings is 2. The molecule has 0 bridgehead atoms. The molecule has 2 aromatic carbocycles. The summed E-state index contributed by atoms with van der Waals surface area (Å²) in [5.41, 5.74) is 2.38. The first-order valence-electron chi connectivity index (χ1n) is 10.7. The number of amides is 2. The van der Waals surface area contributed by atoms with Gasteiger partial charge in [-0.3, -0.25) is 19.2 Å². The van der Waals surface area contributed by atoms with Gasteiger partial charge in [0.05, 0.1) is 11.6 Å². The average molecular weight is 452 g/mol. The number of carbonyl (C=O) groups is 4. The summed E-state index contributed by atoms with van der Waals surface area (Å²) in [5, 5.41) is 2.57. The molecule has 33 heavy (non-hydrogen) atoms. The average Bonchev–Trinajstić information content (AvgIpc) is 3.43. The molecule has 0 aromatic heterocycles. The number of ketones is 1. The summed E-state index contributed by atoms with van der Waals surface area (Å²) in [5.74, 6) is -1.50. The fourth-order valence-electron chi connectivity index (χ4n) is 3.80. The van der Waals surface area contributed by atoms with Gasteiger partial charge in [-0.25, -0.2) is 0 Å². The zero-order valence-corrected chi connectivity index (χ0v) is 18.4. The fourth-order valence-corrected chi connectivity index (χ4v) is 3.80. The van der Waals surface area contributed by atoms with E-state index in [0.717, 1.165) is 17.7 Å². The summed E-state index contributed by atoms with van der Waals surface area (Å²) in [6.07, 6.45) is 0.915. The molecule has 0 radical (unpaired) electrons. The number of hydrogen-bond donors (Lipinski definition) is 1. The summed E-state index contributed by atoms with van der Waals surface area (Å²) in [6.45, 7) is 3.10. The highest BCUT2D eigenvalue weighted by Crippen LogP contribution is 2.37. The Morgan fingerprint density at radius 1 is 1.12 bits per heavy atom. The molecule has 2 aliphatic heterocycles. The second kappa shape index (κ2) is 9.32. The van der Waals surface area contributed by atoms with Gasteiger partial charge in [-0.1, -0.05) is 19.1 Å². The fraction of sp³-hybridized carbons (Fsp3) is 0.333. The largest absolute Gasteiger partial charge is 0.455 e. The molecule has 172 valence electrons. The summed E-state index contributed by atoms with van der Waals surface area (Å²) >= 11 is 0. The molecule has 9 nitrogen and oxygen atoms in total. The third-order valence-corrected chi connectivity index (χ3v) is 5.63. The number of esters is 1. The summed E-state index contributed by atoms with van der Waals surface area (Å²) in [4.78, 5) is 50.7. The number of ether oxygens (including phenoxy) is 3. The van der Waals surface area contributed by atoms with Gasteiger partial charge in [-0.2, -0.15) is 0 Å². The minimum atomic E-state index is -0.658. The maximum absolute atomic E-state index is 12.5. The first kappa shape index (κ1) is 22.3. The van der Waals surface area contributed by atoms with Gasteiger partial charge < -0.3 is 24.4 Å². The number of aryl methyl sites for hydroxylation is 1. The van der Waals surface area contributed by atoms with Crippen molar-refractivity contribution in [1.29, 1.82) is 0 Å². The molecule has 2 aliphatic rings. The first-order chi connectivity index (χ1) is 15.9. The van der Waals surface area contributed by atoms with Crippen molar-refractivity contribution < 1.29 is 33.4 Å². The van der Waals surface area contributed by atoms with Gasteiger partial charge in [0.1, 0.15) is 0 Å². The Morgan fingerprint density at radius 3 is 2.48 bits per heavy atom. The lowest BCUT2D eigenvalue weighted by Gasteiger charge is -2.17. The van der Waals surface area contributed by atoms with E-state index < -0.39 is 24.4 Å². The molecule has 0 aliphatic carbocycles. The lowest BCUT2D eigenvalue weighted by atomic mass is 10.1. The monoisotopic (exact) mass is 452 g/mol. The summed E-state index contributed by atoms with van der Waals surface area (Å²) in [7, 11) is 0. The maximum Gasteiger partial charge on any atom is 0.311 e. The highest BCUT2D eigenvalue weighted by Gasteiger charge is 2.36. The number of rotatable bonds is 7. The Hall–Kier alpha value is -3.88. The van der Waals surface area contributed by atoms with Crippen LogP contribution in [0.2, 0.25) is 0 Å². The SMILES string of the molecule is CCc1ccc(N2CC(C(=O)OCC(=O)Nc3cc4c(cc3C(C)=O)OCO4)CC2=O)cc1. The topological polar surface area (TPSA) is 111 Å². The second-order valence-corrected chi connectivity index (χ2v) is 7.89. The van der Waals surface area contributed by atoms with Crippen LogP contribution in [-0.4, -0.2) is 43.5 Å². The van der Waals surface area contributed by atoms with Crippen molar-refractivity contribution in [3.8, 4) is 11.5 Å². The van der Waals surface area contributed by atoms with Crippen LogP contribution in [-0.2, 0) is 25.5 Å². The number of hydrogen-bond acceptors (Lipinski definition) is 7. The summed E-state index contributed by atoms with van der Waals surface area (Å²) < 4.78 is 15.7. The predicted molar refractivity (Wildman–Crippen MR) is 118 cm³/mol. The molecular weight excluding hydrogens is 428 g/mol. The molecule has 0 saturated carbocycles. The normalized spacial score (nSPS) is 16.6. The van der Waals surface area contributed by atoms with E-state index in [1.807, 2.05) is 31.2 Å².